The number of ether oxygens (including phenoxy) is 2. The molecule has 0 fully saturated rings. The van der Waals surface area contributed by atoms with E-state index in [1.807, 2.05) is 37.3 Å². The Bertz CT molecular complexity index is 1170. The van der Waals surface area contributed by atoms with Gasteiger partial charge < -0.3 is 19.4 Å². The number of methoxy groups -OCH3 is 1. The molecule has 0 aliphatic carbocycles. The third-order valence-corrected chi connectivity index (χ3v) is 4.60. The maximum atomic E-state index is 12.5. The summed E-state index contributed by atoms with van der Waals surface area (Å²) in [5.41, 5.74) is 3.46. The zero-order valence-corrected chi connectivity index (χ0v) is 15.0. The zero-order chi connectivity index (χ0) is 19.0. The molecule has 27 heavy (non-hydrogen) atoms. The number of carbonyl (C=O) groups is 2. The Kier molecular flexibility index (Phi) is 4.16. The Balaban J connectivity index is 1.51. The van der Waals surface area contributed by atoms with Crippen LogP contribution in [0.15, 0.2) is 48.7 Å². The number of esters is 1. The van der Waals surface area contributed by atoms with Crippen molar-refractivity contribution in [2.75, 3.05) is 13.7 Å². The highest BCUT2D eigenvalue weighted by atomic mass is 16.5. The quantitative estimate of drug-likeness (QED) is 0.415. The largest absolute Gasteiger partial charge is 0.497 e. The third kappa shape index (κ3) is 3.06. The van der Waals surface area contributed by atoms with Crippen molar-refractivity contribution in [1.82, 2.24) is 9.97 Å². The summed E-state index contributed by atoms with van der Waals surface area (Å²) < 4.78 is 10.4. The summed E-state index contributed by atoms with van der Waals surface area (Å²) in [5, 5.41) is 1.72. The summed E-state index contributed by atoms with van der Waals surface area (Å²) in [7, 11) is 1.58. The normalized spacial score (nSPS) is 11.0. The molecule has 2 aromatic carbocycles. The lowest BCUT2D eigenvalue weighted by molar-refractivity contribution is 0.0470. The van der Waals surface area contributed by atoms with Gasteiger partial charge in [0.25, 0.3) is 0 Å². The molecular formula is C21H18N2O4. The maximum absolute atomic E-state index is 12.5. The lowest BCUT2D eigenvalue weighted by Gasteiger charge is -2.03. The Labute approximate surface area is 155 Å². The number of Topliss-reactive ketones (excluding diaryl/α,β-unsaturated/α-hetero) is 1. The first-order valence-electron chi connectivity index (χ1n) is 8.50. The average molecular weight is 362 g/mol. The minimum Gasteiger partial charge on any atom is -0.497 e. The number of carbonyl (C=O) groups excluding carboxylic acids is 2. The van der Waals surface area contributed by atoms with Crippen LogP contribution in [0.1, 0.15) is 26.4 Å². The summed E-state index contributed by atoms with van der Waals surface area (Å²) in [4.78, 5) is 30.9. The van der Waals surface area contributed by atoms with Crippen LogP contribution in [-0.4, -0.2) is 35.4 Å². The van der Waals surface area contributed by atoms with E-state index in [9.17, 15) is 9.59 Å². The fraction of sp³-hybridized carbons (Fsp3) is 0.143. The van der Waals surface area contributed by atoms with Crippen LogP contribution < -0.4 is 4.74 Å². The number of nitrogens with one attached hydrogen (secondary N) is 2. The standard InChI is InChI=1S/C21H18N2O4/c1-12-4-3-5-16-20(12)15(10-22-16)19(24)11-27-21(25)18-8-13-6-7-14(26-2)9-17(13)23-18/h3-10,22-23H,11H2,1-2H3. The monoisotopic (exact) mass is 362 g/mol. The van der Waals surface area contributed by atoms with Gasteiger partial charge in [-0.05, 0) is 36.8 Å². The highest BCUT2D eigenvalue weighted by Gasteiger charge is 2.17. The number of aromatic nitrogens is 2. The molecular weight excluding hydrogens is 344 g/mol. The van der Waals surface area contributed by atoms with Crippen molar-refractivity contribution >= 4 is 33.6 Å². The number of hydrogen-bond acceptors (Lipinski definition) is 4. The van der Waals surface area contributed by atoms with Gasteiger partial charge in [-0.2, -0.15) is 0 Å². The summed E-state index contributed by atoms with van der Waals surface area (Å²) >= 11 is 0. The minimum atomic E-state index is -0.574. The molecule has 2 heterocycles. The Morgan fingerprint density at radius 3 is 2.74 bits per heavy atom. The second-order valence-corrected chi connectivity index (χ2v) is 6.34. The van der Waals surface area contributed by atoms with Crippen LogP contribution in [-0.2, 0) is 4.74 Å². The SMILES string of the molecule is COc1ccc2cc(C(=O)OCC(=O)c3c[nH]c4cccc(C)c34)[nH]c2c1. The lowest BCUT2D eigenvalue weighted by Crippen LogP contribution is -2.14. The molecule has 0 aliphatic heterocycles. The number of fused-ring (bicyclic) bond motifs is 2. The molecule has 6 heteroatoms. The van der Waals surface area contributed by atoms with E-state index in [-0.39, 0.29) is 12.4 Å². The molecule has 4 rings (SSSR count). The number of aryl methyl sites for hydroxylation is 1. The van der Waals surface area contributed by atoms with E-state index in [0.29, 0.717) is 17.0 Å². The van der Waals surface area contributed by atoms with Gasteiger partial charge in [0, 0.05) is 39.6 Å². The van der Waals surface area contributed by atoms with Crippen molar-refractivity contribution in [3.8, 4) is 5.75 Å². The molecule has 0 saturated heterocycles. The number of rotatable bonds is 5. The van der Waals surface area contributed by atoms with Gasteiger partial charge in [0.2, 0.25) is 5.78 Å². The molecule has 0 aliphatic rings. The van der Waals surface area contributed by atoms with Gasteiger partial charge in [-0.15, -0.1) is 0 Å². The molecule has 0 spiro atoms. The Hall–Kier alpha value is -3.54. The number of hydrogen-bond donors (Lipinski definition) is 2. The molecule has 4 aromatic rings. The van der Waals surface area contributed by atoms with Gasteiger partial charge in [0.05, 0.1) is 7.11 Å². The van der Waals surface area contributed by atoms with E-state index in [0.717, 1.165) is 27.4 Å². The van der Waals surface area contributed by atoms with Gasteiger partial charge in [0.15, 0.2) is 6.61 Å². The number of benzene rings is 2. The van der Waals surface area contributed by atoms with E-state index in [1.165, 1.54) is 0 Å². The molecule has 6 nitrogen and oxygen atoms in total. The van der Waals surface area contributed by atoms with Gasteiger partial charge in [-0.3, -0.25) is 4.79 Å². The van der Waals surface area contributed by atoms with Crippen molar-refractivity contribution in [3.63, 3.8) is 0 Å². The smallest absolute Gasteiger partial charge is 0.355 e. The topological polar surface area (TPSA) is 84.2 Å². The molecule has 0 atom stereocenters. The summed E-state index contributed by atoms with van der Waals surface area (Å²) in [6.07, 6.45) is 1.66. The second-order valence-electron chi connectivity index (χ2n) is 6.34. The molecule has 0 saturated carbocycles. The predicted octanol–water partition coefficient (Wildman–Crippen LogP) is 4.01. The molecule has 2 aromatic heterocycles. The molecule has 0 radical (unpaired) electrons. The Morgan fingerprint density at radius 2 is 1.93 bits per heavy atom. The van der Waals surface area contributed by atoms with Crippen LogP contribution in [0.4, 0.5) is 0 Å². The second kappa shape index (κ2) is 6.64. The van der Waals surface area contributed by atoms with E-state index in [2.05, 4.69) is 9.97 Å². The first-order chi connectivity index (χ1) is 13.1. The molecule has 0 amide bonds. The average Bonchev–Trinajstić information content (AvgIpc) is 3.30. The Morgan fingerprint density at radius 1 is 1.07 bits per heavy atom. The molecule has 136 valence electrons. The summed E-state index contributed by atoms with van der Waals surface area (Å²) in [6, 6.07) is 12.9. The van der Waals surface area contributed by atoms with E-state index < -0.39 is 5.97 Å². The van der Waals surface area contributed by atoms with E-state index >= 15 is 0 Å². The number of aromatic amines is 2. The number of ketones is 1. The first-order valence-corrected chi connectivity index (χ1v) is 8.50. The van der Waals surface area contributed by atoms with Crippen LogP contribution in [0.25, 0.3) is 21.8 Å². The van der Waals surface area contributed by atoms with Crippen molar-refractivity contribution < 1.29 is 19.1 Å². The molecule has 2 N–H and O–H groups in total. The van der Waals surface area contributed by atoms with Crippen LogP contribution in [0, 0.1) is 6.92 Å². The van der Waals surface area contributed by atoms with Gasteiger partial charge in [-0.25, -0.2) is 4.79 Å². The van der Waals surface area contributed by atoms with Gasteiger partial charge in [-0.1, -0.05) is 12.1 Å². The van der Waals surface area contributed by atoms with Crippen LogP contribution >= 0.6 is 0 Å². The van der Waals surface area contributed by atoms with Gasteiger partial charge in [0.1, 0.15) is 11.4 Å². The summed E-state index contributed by atoms with van der Waals surface area (Å²) in [6.45, 7) is 1.62. The summed E-state index contributed by atoms with van der Waals surface area (Å²) in [5.74, 6) is -0.133. The highest BCUT2D eigenvalue weighted by Crippen LogP contribution is 2.23. The zero-order valence-electron chi connectivity index (χ0n) is 15.0. The number of H-pyrrole nitrogens is 2. The van der Waals surface area contributed by atoms with E-state index in [4.69, 9.17) is 9.47 Å². The van der Waals surface area contributed by atoms with Crippen LogP contribution in [0.2, 0.25) is 0 Å². The predicted molar refractivity (Wildman–Crippen MR) is 102 cm³/mol. The van der Waals surface area contributed by atoms with Crippen LogP contribution in [0.3, 0.4) is 0 Å². The highest BCUT2D eigenvalue weighted by molar-refractivity contribution is 6.10. The fourth-order valence-electron chi connectivity index (χ4n) is 3.22. The minimum absolute atomic E-state index is 0.248. The molecule has 0 bridgehead atoms. The first kappa shape index (κ1) is 16.9. The fourth-order valence-corrected chi connectivity index (χ4v) is 3.22. The van der Waals surface area contributed by atoms with Crippen molar-refractivity contribution in [2.24, 2.45) is 0 Å². The third-order valence-electron chi connectivity index (χ3n) is 4.60. The van der Waals surface area contributed by atoms with Crippen molar-refractivity contribution in [2.45, 2.75) is 6.92 Å². The van der Waals surface area contributed by atoms with Crippen molar-refractivity contribution in [1.29, 1.82) is 0 Å². The van der Waals surface area contributed by atoms with Crippen molar-refractivity contribution in [3.05, 3.63) is 65.5 Å². The van der Waals surface area contributed by atoms with Gasteiger partial charge >= 0.3 is 5.97 Å². The maximum Gasteiger partial charge on any atom is 0.355 e. The van der Waals surface area contributed by atoms with Crippen LogP contribution in [0.5, 0.6) is 5.75 Å². The lowest BCUT2D eigenvalue weighted by atomic mass is 10.1. The van der Waals surface area contributed by atoms with E-state index in [1.54, 1.807) is 25.4 Å². The molecule has 0 unspecified atom stereocenters.